The van der Waals surface area contributed by atoms with Gasteiger partial charge in [-0.05, 0) is 33.1 Å². The predicted molar refractivity (Wildman–Crippen MR) is 63.1 cm³/mol. The van der Waals surface area contributed by atoms with Crippen molar-refractivity contribution in [3.05, 3.63) is 0 Å². The van der Waals surface area contributed by atoms with Gasteiger partial charge in [-0.3, -0.25) is 0 Å². The van der Waals surface area contributed by atoms with Crippen LogP contribution in [0.5, 0.6) is 0 Å². The Bertz CT molecular complexity index is 197. The van der Waals surface area contributed by atoms with Gasteiger partial charge in [0.25, 0.3) is 0 Å². The van der Waals surface area contributed by atoms with E-state index in [1.54, 1.807) is 0 Å². The quantitative estimate of drug-likeness (QED) is 0.709. The van der Waals surface area contributed by atoms with E-state index in [1.165, 1.54) is 44.9 Å². The van der Waals surface area contributed by atoms with Crippen molar-refractivity contribution in [1.82, 2.24) is 5.32 Å². The number of rotatable bonds is 2. The summed E-state index contributed by atoms with van der Waals surface area (Å²) < 4.78 is 5.62. The molecule has 0 bridgehead atoms. The molecule has 0 radical (unpaired) electrons. The van der Waals surface area contributed by atoms with Gasteiger partial charge in [-0.1, -0.05) is 25.7 Å². The first-order valence-corrected chi connectivity index (χ1v) is 6.59. The Hall–Kier alpha value is -0.0800. The zero-order valence-electron chi connectivity index (χ0n) is 10.2. The molecule has 2 heteroatoms. The summed E-state index contributed by atoms with van der Waals surface area (Å²) in [6.07, 6.45) is 9.92. The third-order valence-corrected chi connectivity index (χ3v) is 4.12. The van der Waals surface area contributed by atoms with Crippen molar-refractivity contribution < 1.29 is 4.74 Å². The summed E-state index contributed by atoms with van der Waals surface area (Å²) in [5, 5.41) is 3.86. The maximum absolute atomic E-state index is 5.62. The van der Waals surface area contributed by atoms with Crippen molar-refractivity contribution >= 4 is 0 Å². The highest BCUT2D eigenvalue weighted by Gasteiger charge is 2.32. The van der Waals surface area contributed by atoms with E-state index < -0.39 is 0 Å². The third kappa shape index (κ3) is 2.94. The van der Waals surface area contributed by atoms with Crippen LogP contribution in [0.15, 0.2) is 0 Å². The molecule has 1 saturated heterocycles. The molecule has 2 unspecified atom stereocenters. The Kier molecular flexibility index (Phi) is 3.68. The molecule has 0 aromatic rings. The zero-order chi connectivity index (χ0) is 10.7. The normalized spacial score (nSPS) is 36.4. The first-order chi connectivity index (χ1) is 7.20. The van der Waals surface area contributed by atoms with Gasteiger partial charge in [-0.2, -0.15) is 0 Å². The topological polar surface area (TPSA) is 21.3 Å². The summed E-state index contributed by atoms with van der Waals surface area (Å²) in [6, 6.07) is 0.591. The summed E-state index contributed by atoms with van der Waals surface area (Å²) in [4.78, 5) is 0. The van der Waals surface area contributed by atoms with Crippen LogP contribution in [0.25, 0.3) is 0 Å². The highest BCUT2D eigenvalue weighted by Crippen LogP contribution is 2.28. The number of hydrogen-bond donors (Lipinski definition) is 1. The highest BCUT2D eigenvalue weighted by atomic mass is 16.5. The van der Waals surface area contributed by atoms with Crippen LogP contribution < -0.4 is 5.32 Å². The van der Waals surface area contributed by atoms with Crippen LogP contribution >= 0.6 is 0 Å². The van der Waals surface area contributed by atoms with Crippen LogP contribution in [0.3, 0.4) is 0 Å². The van der Waals surface area contributed by atoms with Crippen LogP contribution in [-0.4, -0.2) is 24.3 Å². The lowest BCUT2D eigenvalue weighted by molar-refractivity contribution is 0.104. The van der Waals surface area contributed by atoms with E-state index in [9.17, 15) is 0 Å². The van der Waals surface area contributed by atoms with Crippen LogP contribution in [0.1, 0.15) is 58.8 Å². The van der Waals surface area contributed by atoms with E-state index in [-0.39, 0.29) is 0 Å². The lowest BCUT2D eigenvalue weighted by Gasteiger charge is -2.34. The Morgan fingerprint density at radius 3 is 2.33 bits per heavy atom. The first-order valence-electron chi connectivity index (χ1n) is 6.59. The molecular formula is C13H25NO. The van der Waals surface area contributed by atoms with E-state index in [0.29, 0.717) is 17.7 Å². The Morgan fingerprint density at radius 1 is 1.13 bits per heavy atom. The van der Waals surface area contributed by atoms with Crippen molar-refractivity contribution in [1.29, 1.82) is 0 Å². The van der Waals surface area contributed by atoms with Crippen molar-refractivity contribution in [3.8, 4) is 0 Å². The van der Waals surface area contributed by atoms with E-state index in [1.807, 2.05) is 0 Å². The van der Waals surface area contributed by atoms with Crippen molar-refractivity contribution in [3.63, 3.8) is 0 Å². The lowest BCUT2D eigenvalue weighted by atomic mass is 9.91. The average molecular weight is 211 g/mol. The second-order valence-electron chi connectivity index (χ2n) is 5.59. The van der Waals surface area contributed by atoms with Crippen LogP contribution in [0.2, 0.25) is 0 Å². The van der Waals surface area contributed by atoms with Crippen LogP contribution in [0.4, 0.5) is 0 Å². The van der Waals surface area contributed by atoms with Crippen molar-refractivity contribution in [2.75, 3.05) is 6.61 Å². The summed E-state index contributed by atoms with van der Waals surface area (Å²) in [5.74, 6) is 0. The predicted octanol–water partition coefficient (Wildman–Crippen LogP) is 2.87. The Morgan fingerprint density at radius 2 is 1.80 bits per heavy atom. The third-order valence-electron chi connectivity index (χ3n) is 4.12. The fourth-order valence-electron chi connectivity index (χ4n) is 3.02. The standard InChI is InChI=1S/C13H25NO/c1-11-12(7-10-15-11)14-13(2)8-5-3-4-6-9-13/h11-12,14H,3-10H2,1-2H3. The molecule has 2 atom stereocenters. The smallest absolute Gasteiger partial charge is 0.0700 e. The van der Waals surface area contributed by atoms with E-state index in [4.69, 9.17) is 4.74 Å². The maximum atomic E-state index is 5.62. The van der Waals surface area contributed by atoms with Gasteiger partial charge in [0, 0.05) is 18.2 Å². The minimum absolute atomic E-state index is 0.378. The minimum atomic E-state index is 0.378. The molecule has 0 amide bonds. The van der Waals surface area contributed by atoms with Gasteiger partial charge in [-0.25, -0.2) is 0 Å². The van der Waals surface area contributed by atoms with Gasteiger partial charge in [0.05, 0.1) is 6.10 Å². The summed E-state index contributed by atoms with van der Waals surface area (Å²) >= 11 is 0. The molecule has 0 aromatic carbocycles. The van der Waals surface area contributed by atoms with Crippen LogP contribution in [-0.2, 0) is 4.74 Å². The molecule has 1 N–H and O–H groups in total. The zero-order valence-corrected chi connectivity index (χ0v) is 10.2. The molecule has 0 aromatic heterocycles. The molecule has 2 aliphatic rings. The molecule has 1 saturated carbocycles. The SMILES string of the molecule is CC1OCCC1NC1(C)CCCCCC1. The fourth-order valence-corrected chi connectivity index (χ4v) is 3.02. The number of ether oxygens (including phenoxy) is 1. The van der Waals surface area contributed by atoms with Gasteiger partial charge in [-0.15, -0.1) is 0 Å². The largest absolute Gasteiger partial charge is 0.377 e. The lowest BCUT2D eigenvalue weighted by Crippen LogP contribution is -2.50. The fraction of sp³-hybridized carbons (Fsp3) is 1.00. The molecule has 15 heavy (non-hydrogen) atoms. The molecule has 1 aliphatic heterocycles. The monoisotopic (exact) mass is 211 g/mol. The van der Waals surface area contributed by atoms with E-state index in [0.717, 1.165) is 6.61 Å². The van der Waals surface area contributed by atoms with E-state index >= 15 is 0 Å². The molecule has 1 heterocycles. The Labute approximate surface area is 93.8 Å². The molecule has 1 aliphatic carbocycles. The van der Waals surface area contributed by atoms with Gasteiger partial charge in [0.1, 0.15) is 0 Å². The molecule has 88 valence electrons. The average Bonchev–Trinajstić information content (AvgIpc) is 2.48. The summed E-state index contributed by atoms with van der Waals surface area (Å²) in [7, 11) is 0. The first kappa shape index (κ1) is 11.4. The Balaban J connectivity index is 1.90. The summed E-state index contributed by atoms with van der Waals surface area (Å²) in [5.41, 5.74) is 0.378. The molecule has 2 rings (SSSR count). The molecule has 0 spiro atoms. The van der Waals surface area contributed by atoms with Gasteiger partial charge >= 0.3 is 0 Å². The van der Waals surface area contributed by atoms with Gasteiger partial charge in [0.15, 0.2) is 0 Å². The maximum Gasteiger partial charge on any atom is 0.0700 e. The molecule has 2 nitrogen and oxygen atoms in total. The van der Waals surface area contributed by atoms with Crippen molar-refractivity contribution in [2.24, 2.45) is 0 Å². The second kappa shape index (κ2) is 4.84. The minimum Gasteiger partial charge on any atom is -0.377 e. The number of nitrogens with one attached hydrogen (secondary N) is 1. The molecular weight excluding hydrogens is 186 g/mol. The second-order valence-corrected chi connectivity index (χ2v) is 5.59. The van der Waals surface area contributed by atoms with E-state index in [2.05, 4.69) is 19.2 Å². The van der Waals surface area contributed by atoms with Gasteiger partial charge in [0.2, 0.25) is 0 Å². The number of hydrogen-bond acceptors (Lipinski definition) is 2. The summed E-state index contributed by atoms with van der Waals surface area (Å²) in [6.45, 7) is 5.54. The van der Waals surface area contributed by atoms with Gasteiger partial charge < -0.3 is 10.1 Å². The van der Waals surface area contributed by atoms with Crippen molar-refractivity contribution in [2.45, 2.75) is 76.5 Å². The highest BCUT2D eigenvalue weighted by molar-refractivity contribution is 4.91. The molecule has 2 fully saturated rings. The van der Waals surface area contributed by atoms with Crippen LogP contribution in [0, 0.1) is 0 Å².